The molecule has 1 aliphatic rings. The maximum absolute atomic E-state index is 13.6. The maximum atomic E-state index is 13.6. The first-order valence-electron chi connectivity index (χ1n) is 9.40. The lowest BCUT2D eigenvalue weighted by molar-refractivity contribution is -0.178. The molecule has 1 fully saturated rings. The van der Waals surface area contributed by atoms with Crippen LogP contribution in [0.4, 0.5) is 13.2 Å². The Bertz CT molecular complexity index is 1100. The minimum Gasteiger partial charge on any atom is -0.394 e. The van der Waals surface area contributed by atoms with E-state index in [9.17, 15) is 28.5 Å². The molecule has 0 bridgehead atoms. The van der Waals surface area contributed by atoms with E-state index in [0.29, 0.717) is 0 Å². The predicted octanol–water partition coefficient (Wildman–Crippen LogP) is 2.90. The fraction of sp³-hybridized carbons (Fsp3) is 0.300. The number of rotatable bonds is 5. The van der Waals surface area contributed by atoms with Gasteiger partial charge in [-0.3, -0.25) is 0 Å². The summed E-state index contributed by atoms with van der Waals surface area (Å²) in [7, 11) is 0. The minimum absolute atomic E-state index is 0.00503. The van der Waals surface area contributed by atoms with Gasteiger partial charge in [-0.05, 0) is 30.3 Å². The quantitative estimate of drug-likeness (QED) is 0.435. The molecule has 1 saturated heterocycles. The second kappa shape index (κ2) is 9.49. The van der Waals surface area contributed by atoms with Crippen LogP contribution in [-0.4, -0.2) is 60.7 Å². The smallest absolute Gasteiger partial charge is 0.194 e. The second-order valence-electron chi connectivity index (χ2n) is 7.11. The number of halogens is 4. The van der Waals surface area contributed by atoms with Crippen molar-refractivity contribution in [3.8, 4) is 11.3 Å². The zero-order valence-corrected chi connectivity index (χ0v) is 18.5. The molecular weight excluding hydrogens is 515 g/mol. The summed E-state index contributed by atoms with van der Waals surface area (Å²) in [6.07, 6.45) is -2.40. The van der Waals surface area contributed by atoms with Crippen LogP contribution in [-0.2, 0) is 4.74 Å². The Labute approximate surface area is 193 Å². The first kappa shape index (κ1) is 23.2. The van der Waals surface area contributed by atoms with Gasteiger partial charge in [0.2, 0.25) is 0 Å². The van der Waals surface area contributed by atoms with Crippen LogP contribution in [0.1, 0.15) is 6.04 Å². The van der Waals surface area contributed by atoms with Crippen molar-refractivity contribution in [3.63, 3.8) is 0 Å². The highest BCUT2D eigenvalue weighted by atomic mass is 79.9. The van der Waals surface area contributed by atoms with Crippen LogP contribution in [0.15, 0.2) is 52.0 Å². The Morgan fingerprint density at radius 3 is 2.47 bits per heavy atom. The van der Waals surface area contributed by atoms with Crippen molar-refractivity contribution in [3.05, 3.63) is 64.5 Å². The monoisotopic (exact) mass is 531 g/mol. The van der Waals surface area contributed by atoms with Gasteiger partial charge in [-0.2, -0.15) is 0 Å². The molecule has 5 atom stereocenters. The van der Waals surface area contributed by atoms with Crippen molar-refractivity contribution in [1.29, 1.82) is 0 Å². The fourth-order valence-corrected chi connectivity index (χ4v) is 5.08. The highest BCUT2D eigenvalue weighted by Crippen LogP contribution is 2.38. The third-order valence-corrected chi connectivity index (χ3v) is 6.63. The van der Waals surface area contributed by atoms with Crippen molar-refractivity contribution in [2.24, 2.45) is 0 Å². The van der Waals surface area contributed by atoms with Gasteiger partial charge in [0.15, 0.2) is 17.5 Å². The largest absolute Gasteiger partial charge is 0.394 e. The predicted molar refractivity (Wildman–Crippen MR) is 112 cm³/mol. The Balaban J connectivity index is 1.64. The minimum atomic E-state index is -1.60. The van der Waals surface area contributed by atoms with Crippen molar-refractivity contribution in [2.75, 3.05) is 6.61 Å². The number of thioether (sulfide) groups is 1. The van der Waals surface area contributed by atoms with Crippen LogP contribution >= 0.6 is 27.7 Å². The van der Waals surface area contributed by atoms with Crippen LogP contribution in [0, 0.1) is 17.5 Å². The van der Waals surface area contributed by atoms with Crippen molar-refractivity contribution in [1.82, 2.24) is 15.0 Å². The number of hydrogen-bond donors (Lipinski definition) is 3. The summed E-state index contributed by atoms with van der Waals surface area (Å²) in [6.45, 7) is -0.518. The normalized spacial score (nSPS) is 25.8. The Kier molecular flexibility index (Phi) is 6.89. The zero-order valence-electron chi connectivity index (χ0n) is 16.1. The molecule has 1 aliphatic heterocycles. The van der Waals surface area contributed by atoms with E-state index in [4.69, 9.17) is 4.74 Å². The number of hydrogen-bond acceptors (Lipinski definition) is 7. The summed E-state index contributed by atoms with van der Waals surface area (Å²) in [4.78, 5) is 0.770. The molecule has 1 aromatic heterocycles. The van der Waals surface area contributed by atoms with E-state index in [0.717, 1.165) is 26.2 Å². The number of nitrogens with zero attached hydrogens (tertiary/aromatic N) is 3. The van der Waals surface area contributed by atoms with Crippen molar-refractivity contribution < 1.29 is 33.2 Å². The molecule has 2 aromatic carbocycles. The summed E-state index contributed by atoms with van der Waals surface area (Å²) >= 11 is 4.56. The SMILES string of the molecule is OCC1OC(Sc2cccc(Br)c2)C(O)C(n2cc(-c3cc(F)c(F)c(F)c3)nn2)C1O. The number of benzene rings is 2. The van der Waals surface area contributed by atoms with E-state index in [1.165, 1.54) is 18.0 Å². The van der Waals surface area contributed by atoms with Gasteiger partial charge in [0.25, 0.3) is 0 Å². The molecule has 0 aliphatic carbocycles. The first-order valence-corrected chi connectivity index (χ1v) is 11.1. The summed E-state index contributed by atoms with van der Waals surface area (Å²) in [5.74, 6) is -4.37. The topological polar surface area (TPSA) is 101 Å². The van der Waals surface area contributed by atoms with Crippen LogP contribution in [0.5, 0.6) is 0 Å². The molecule has 0 radical (unpaired) electrons. The van der Waals surface area contributed by atoms with Gasteiger partial charge in [0.1, 0.15) is 35.5 Å². The van der Waals surface area contributed by atoms with Gasteiger partial charge in [-0.15, -0.1) is 5.10 Å². The molecule has 7 nitrogen and oxygen atoms in total. The van der Waals surface area contributed by atoms with Crippen LogP contribution < -0.4 is 0 Å². The molecule has 170 valence electrons. The lowest BCUT2D eigenvalue weighted by Gasteiger charge is -2.41. The summed E-state index contributed by atoms with van der Waals surface area (Å²) < 4.78 is 48.1. The van der Waals surface area contributed by atoms with Crippen LogP contribution in [0.3, 0.4) is 0 Å². The summed E-state index contributed by atoms with van der Waals surface area (Å²) in [6, 6.07) is 7.73. The lowest BCUT2D eigenvalue weighted by atomic mass is 9.97. The third-order valence-electron chi connectivity index (χ3n) is 4.99. The molecule has 0 spiro atoms. The summed E-state index contributed by atoms with van der Waals surface area (Å²) in [5, 5.41) is 39.0. The molecule has 3 aromatic rings. The molecule has 5 unspecified atom stereocenters. The standard InChI is InChI=1S/C20H17BrF3N3O4S/c21-10-2-1-3-11(6-10)32-20-19(30)17(18(29)15(8-28)31-20)27-7-14(25-26-27)9-4-12(22)16(24)13(23)5-9/h1-7,15,17-20,28-30H,8H2. The van der Waals surface area contributed by atoms with E-state index < -0.39 is 53.8 Å². The molecule has 3 N–H and O–H groups in total. The van der Waals surface area contributed by atoms with Crippen LogP contribution in [0.25, 0.3) is 11.3 Å². The highest BCUT2D eigenvalue weighted by molar-refractivity contribution is 9.10. The average molecular weight is 532 g/mol. The first-order chi connectivity index (χ1) is 15.3. The van der Waals surface area contributed by atoms with E-state index in [2.05, 4.69) is 26.2 Å². The Hall–Kier alpha value is -1.96. The molecule has 32 heavy (non-hydrogen) atoms. The van der Waals surface area contributed by atoms with Gasteiger partial charge >= 0.3 is 0 Å². The number of ether oxygens (including phenoxy) is 1. The van der Waals surface area contributed by atoms with Gasteiger partial charge < -0.3 is 20.1 Å². The highest BCUT2D eigenvalue weighted by Gasteiger charge is 2.46. The molecule has 0 amide bonds. The number of aromatic nitrogens is 3. The number of aliphatic hydroxyl groups excluding tert-OH is 3. The molecule has 4 rings (SSSR count). The van der Waals surface area contributed by atoms with Crippen LogP contribution in [0.2, 0.25) is 0 Å². The zero-order chi connectivity index (χ0) is 23.0. The van der Waals surface area contributed by atoms with E-state index in [1.54, 1.807) is 0 Å². The molecule has 0 saturated carbocycles. The van der Waals surface area contributed by atoms with Gasteiger partial charge in [-0.1, -0.05) is 39.0 Å². The summed E-state index contributed by atoms with van der Waals surface area (Å²) in [5.41, 5.74) is -0.934. The van der Waals surface area contributed by atoms with Gasteiger partial charge in [0, 0.05) is 14.9 Å². The average Bonchev–Trinajstić information content (AvgIpc) is 3.23. The van der Waals surface area contributed by atoms with E-state index >= 15 is 0 Å². The Morgan fingerprint density at radius 2 is 1.81 bits per heavy atom. The lowest BCUT2D eigenvalue weighted by Crippen LogP contribution is -2.55. The third kappa shape index (κ3) is 4.56. The fourth-order valence-electron chi connectivity index (χ4n) is 3.41. The van der Waals surface area contributed by atoms with Gasteiger partial charge in [0.05, 0.1) is 12.8 Å². The van der Waals surface area contributed by atoms with Crippen molar-refractivity contribution in [2.45, 2.75) is 34.7 Å². The maximum Gasteiger partial charge on any atom is 0.194 e. The van der Waals surface area contributed by atoms with Gasteiger partial charge in [-0.25, -0.2) is 17.9 Å². The second-order valence-corrected chi connectivity index (χ2v) is 9.20. The Morgan fingerprint density at radius 1 is 1.09 bits per heavy atom. The molecule has 12 heteroatoms. The van der Waals surface area contributed by atoms with Crippen molar-refractivity contribution >= 4 is 27.7 Å². The molecular formula is C20H17BrF3N3O4S. The number of aliphatic hydroxyl groups is 3. The van der Waals surface area contributed by atoms with E-state index in [1.807, 2.05) is 24.3 Å². The molecule has 2 heterocycles. The van der Waals surface area contributed by atoms with E-state index in [-0.39, 0.29) is 11.3 Å².